The van der Waals surface area contributed by atoms with Crippen LogP contribution in [0.3, 0.4) is 0 Å². The Hall–Kier alpha value is 1.13. The van der Waals surface area contributed by atoms with E-state index in [1.54, 1.807) is 11.3 Å². The van der Waals surface area contributed by atoms with Gasteiger partial charge in [0.1, 0.15) is 5.75 Å². The minimum atomic E-state index is 0.503. The maximum absolute atomic E-state index is 5.93. The number of aryl methyl sites for hydroxylation is 1. The number of ether oxygens (including phenoxy) is 1. The van der Waals surface area contributed by atoms with Crippen LogP contribution in [-0.4, -0.2) is 11.6 Å². The lowest BCUT2D eigenvalue weighted by Crippen LogP contribution is -2.02. The quantitative estimate of drug-likeness (QED) is 0.204. The summed E-state index contributed by atoms with van der Waals surface area (Å²) in [4.78, 5) is 4.46. The van der Waals surface area contributed by atoms with Crippen molar-refractivity contribution in [2.24, 2.45) is 0 Å². The van der Waals surface area contributed by atoms with Crippen LogP contribution in [-0.2, 0) is 12.3 Å². The topological polar surface area (TPSA) is 22.1 Å². The van der Waals surface area contributed by atoms with Crippen molar-refractivity contribution in [3.05, 3.63) is 38.9 Å². The summed E-state index contributed by atoms with van der Waals surface area (Å²) in [5.74, 6) is 1.51. The maximum atomic E-state index is 5.93. The number of hydrogen-bond donors (Lipinski definition) is 0. The highest BCUT2D eigenvalue weighted by Crippen LogP contribution is 2.29. The molecule has 0 bridgehead atoms. The van der Waals surface area contributed by atoms with Crippen molar-refractivity contribution >= 4 is 90.7 Å². The van der Waals surface area contributed by atoms with Crippen LogP contribution in [0.4, 0.5) is 0 Å². The van der Waals surface area contributed by atoms with Crippen molar-refractivity contribution in [1.29, 1.82) is 0 Å². The van der Waals surface area contributed by atoms with Gasteiger partial charge in [-0.25, -0.2) is 4.98 Å². The van der Waals surface area contributed by atoms with Crippen LogP contribution in [0.2, 0.25) is 0 Å². The molecule has 0 aliphatic carbocycles. The largest absolute Gasteiger partial charge is 0.491 e. The van der Waals surface area contributed by atoms with Gasteiger partial charge in [0, 0.05) is 8.95 Å². The lowest BCUT2D eigenvalue weighted by molar-refractivity contribution is 0.302. The fourth-order valence-corrected chi connectivity index (χ4v) is 6.71. The summed E-state index contributed by atoms with van der Waals surface area (Å²) in [5.41, 5.74) is 0.982. The van der Waals surface area contributed by atoms with Gasteiger partial charge in [-0.05, 0) is 99.2 Å². The molecule has 0 saturated carbocycles. The van der Waals surface area contributed by atoms with Gasteiger partial charge < -0.3 is 4.74 Å². The molecule has 0 spiro atoms. The summed E-state index contributed by atoms with van der Waals surface area (Å²) in [7, 11) is 0. The smallest absolute Gasteiger partial charge is 0.145 e. The zero-order valence-electron chi connectivity index (χ0n) is 11.0. The predicted molar refractivity (Wildman–Crippen MR) is 115 cm³/mol. The van der Waals surface area contributed by atoms with Gasteiger partial charge in [-0.15, -0.1) is 22.9 Å². The Morgan fingerprint density at radius 2 is 1.86 bits per heavy atom. The third-order valence-electron chi connectivity index (χ3n) is 2.73. The molecule has 0 amide bonds. The zero-order valence-corrected chi connectivity index (χ0v) is 19.1. The van der Waals surface area contributed by atoms with Gasteiger partial charge in [0.25, 0.3) is 0 Å². The Balaban J connectivity index is 1.75. The first-order chi connectivity index (χ1) is 10.1. The van der Waals surface area contributed by atoms with Crippen LogP contribution < -0.4 is 4.74 Å². The highest BCUT2D eigenvalue weighted by molar-refractivity contribution is 14.1. The molecular weight excluding hydrogens is 646 g/mol. The molecule has 114 valence electrons. The highest BCUT2D eigenvalue weighted by atomic mass is 127. The van der Waals surface area contributed by atoms with Crippen molar-refractivity contribution in [3.63, 3.8) is 0 Å². The highest BCUT2D eigenvalue weighted by Gasteiger charge is 2.08. The minimum Gasteiger partial charge on any atom is -0.491 e. The Bertz CT molecular complexity index is 583. The third kappa shape index (κ3) is 5.92. The van der Waals surface area contributed by atoms with E-state index in [2.05, 4.69) is 84.9 Å². The Morgan fingerprint density at radius 3 is 2.48 bits per heavy atom. The summed E-state index contributed by atoms with van der Waals surface area (Å²) in [5, 5.41) is 3.21. The van der Waals surface area contributed by atoms with Gasteiger partial charge in [0.05, 0.1) is 30.3 Å². The first kappa shape index (κ1) is 18.5. The second-order valence-corrected chi connectivity index (χ2v) is 9.15. The fraction of sp³-hybridized carbons (Fsp3) is 0.357. The SMILES string of the molecule is ClCc1csc(CCCCOc2c(I)cc(I)cc2I)n1. The van der Waals surface area contributed by atoms with Crippen LogP contribution in [0.15, 0.2) is 17.5 Å². The molecule has 1 aromatic carbocycles. The monoisotopic (exact) mass is 659 g/mol. The van der Waals surface area contributed by atoms with Gasteiger partial charge >= 0.3 is 0 Å². The minimum absolute atomic E-state index is 0.503. The molecule has 0 radical (unpaired) electrons. The van der Waals surface area contributed by atoms with Crippen molar-refractivity contribution in [2.45, 2.75) is 25.1 Å². The van der Waals surface area contributed by atoms with Gasteiger partial charge in [-0.1, -0.05) is 0 Å². The molecule has 0 aliphatic heterocycles. The number of rotatable bonds is 7. The molecule has 0 atom stereocenters. The summed E-state index contributed by atoms with van der Waals surface area (Å²) in [6.07, 6.45) is 3.13. The van der Waals surface area contributed by atoms with Crippen LogP contribution in [0, 0.1) is 10.7 Å². The van der Waals surface area contributed by atoms with E-state index in [9.17, 15) is 0 Å². The molecule has 7 heteroatoms. The second kappa shape index (κ2) is 9.43. The number of unbranched alkanes of at least 4 members (excludes halogenated alkanes) is 1. The molecular formula is C14H13ClI3NOS. The normalized spacial score (nSPS) is 10.9. The number of nitrogens with zero attached hydrogens (tertiary/aromatic N) is 1. The van der Waals surface area contributed by atoms with Crippen LogP contribution >= 0.6 is 90.7 Å². The standard InChI is InChI=1S/C14H13ClI3NOS/c15-7-10-8-21-13(19-10)3-1-2-4-20-14-11(17)5-9(16)6-12(14)18/h5-6,8H,1-4,7H2. The molecule has 0 fully saturated rings. The molecule has 0 unspecified atom stereocenters. The van der Waals surface area contributed by atoms with Crippen LogP contribution in [0.1, 0.15) is 23.5 Å². The Morgan fingerprint density at radius 1 is 1.14 bits per heavy atom. The van der Waals surface area contributed by atoms with Crippen LogP contribution in [0.5, 0.6) is 5.75 Å². The van der Waals surface area contributed by atoms with Crippen molar-refractivity contribution < 1.29 is 4.74 Å². The van der Waals surface area contributed by atoms with E-state index < -0.39 is 0 Å². The summed E-state index contributed by atoms with van der Waals surface area (Å²) in [6.45, 7) is 0.750. The first-order valence-electron chi connectivity index (χ1n) is 6.36. The zero-order chi connectivity index (χ0) is 15.2. The van der Waals surface area contributed by atoms with Crippen molar-refractivity contribution in [1.82, 2.24) is 4.98 Å². The van der Waals surface area contributed by atoms with Gasteiger partial charge in [-0.3, -0.25) is 0 Å². The summed E-state index contributed by atoms with van der Waals surface area (Å²) < 4.78 is 9.53. The Kier molecular flexibility index (Phi) is 8.29. The van der Waals surface area contributed by atoms with Gasteiger partial charge in [-0.2, -0.15) is 0 Å². The lowest BCUT2D eigenvalue weighted by Gasteiger charge is -2.10. The van der Waals surface area contributed by atoms with E-state index in [1.807, 2.05) is 5.38 Å². The predicted octanol–water partition coefficient (Wildman–Crippen LogP) is 6.10. The molecule has 1 aromatic heterocycles. The van der Waals surface area contributed by atoms with E-state index in [1.165, 1.54) is 15.7 Å². The summed E-state index contributed by atoms with van der Waals surface area (Å²) in [6, 6.07) is 4.28. The summed E-state index contributed by atoms with van der Waals surface area (Å²) >= 11 is 14.4. The number of halogens is 4. The number of aromatic nitrogens is 1. The third-order valence-corrected chi connectivity index (χ3v) is 6.19. The number of alkyl halides is 1. The molecule has 21 heavy (non-hydrogen) atoms. The number of thiazole rings is 1. The molecule has 0 saturated heterocycles. The lowest BCUT2D eigenvalue weighted by atomic mass is 10.2. The molecule has 0 N–H and O–H groups in total. The van der Waals surface area contributed by atoms with E-state index in [-0.39, 0.29) is 0 Å². The molecule has 2 aromatic rings. The number of hydrogen-bond acceptors (Lipinski definition) is 3. The van der Waals surface area contributed by atoms with E-state index >= 15 is 0 Å². The average Bonchev–Trinajstić information content (AvgIpc) is 2.88. The van der Waals surface area contributed by atoms with Crippen LogP contribution in [0.25, 0.3) is 0 Å². The number of benzene rings is 1. The van der Waals surface area contributed by atoms with Crippen molar-refractivity contribution in [2.75, 3.05) is 6.61 Å². The van der Waals surface area contributed by atoms with E-state index in [0.717, 1.165) is 37.3 Å². The molecule has 0 aliphatic rings. The maximum Gasteiger partial charge on any atom is 0.145 e. The molecule has 2 rings (SSSR count). The average molecular weight is 659 g/mol. The second-order valence-electron chi connectivity index (χ2n) is 4.37. The van der Waals surface area contributed by atoms with E-state index in [4.69, 9.17) is 16.3 Å². The molecule has 2 nitrogen and oxygen atoms in total. The van der Waals surface area contributed by atoms with Crippen molar-refractivity contribution in [3.8, 4) is 5.75 Å². The fourth-order valence-electron chi connectivity index (χ4n) is 1.74. The molecule has 1 heterocycles. The Labute approximate surface area is 174 Å². The van der Waals surface area contributed by atoms with E-state index in [0.29, 0.717) is 5.88 Å². The van der Waals surface area contributed by atoms with Gasteiger partial charge in [0.15, 0.2) is 0 Å². The van der Waals surface area contributed by atoms with Gasteiger partial charge in [0.2, 0.25) is 0 Å². The first-order valence-corrected chi connectivity index (χ1v) is 11.0.